The van der Waals surface area contributed by atoms with Crippen molar-refractivity contribution in [3.05, 3.63) is 71.8 Å². The van der Waals surface area contributed by atoms with Gasteiger partial charge < -0.3 is 15.2 Å². The van der Waals surface area contributed by atoms with Crippen LogP contribution in [-0.4, -0.2) is 30.9 Å². The molecule has 1 atom stereocenters. The zero-order chi connectivity index (χ0) is 19.2. The second-order valence-electron chi connectivity index (χ2n) is 6.24. The Balaban J connectivity index is 2.06. The SMILES string of the molecule is CC(N)(COC(=O)C(F)(F)F)COC(c1ccccc1)c1ccccc1. The second-order valence-corrected chi connectivity index (χ2v) is 6.24. The number of carbonyl (C=O) groups excluding carboxylic acids is 1. The van der Waals surface area contributed by atoms with Gasteiger partial charge in [-0.15, -0.1) is 0 Å². The Morgan fingerprint density at radius 2 is 1.42 bits per heavy atom. The van der Waals surface area contributed by atoms with E-state index in [2.05, 4.69) is 4.74 Å². The third-order valence-corrected chi connectivity index (χ3v) is 3.55. The lowest BCUT2D eigenvalue weighted by atomic mass is 10.0. The average Bonchev–Trinajstić information content (AvgIpc) is 2.61. The molecule has 0 aliphatic carbocycles. The van der Waals surface area contributed by atoms with E-state index in [9.17, 15) is 18.0 Å². The minimum absolute atomic E-state index is 0.105. The summed E-state index contributed by atoms with van der Waals surface area (Å²) in [7, 11) is 0. The second kappa shape index (κ2) is 8.33. The Morgan fingerprint density at radius 3 is 1.85 bits per heavy atom. The minimum Gasteiger partial charge on any atom is -0.457 e. The van der Waals surface area contributed by atoms with Crippen LogP contribution in [0.1, 0.15) is 24.2 Å². The molecule has 2 aromatic carbocycles. The topological polar surface area (TPSA) is 61.5 Å². The van der Waals surface area contributed by atoms with Gasteiger partial charge in [0.1, 0.15) is 12.7 Å². The number of hydrogen-bond donors (Lipinski definition) is 1. The summed E-state index contributed by atoms with van der Waals surface area (Å²) < 4.78 is 46.8. The number of esters is 1. The van der Waals surface area contributed by atoms with Gasteiger partial charge in [-0.2, -0.15) is 13.2 Å². The van der Waals surface area contributed by atoms with Gasteiger partial charge in [-0.1, -0.05) is 60.7 Å². The molecule has 0 saturated heterocycles. The standard InChI is InChI=1S/C19H20F3NO3/c1-18(23,13-26-17(24)19(20,21)22)12-25-16(14-8-4-2-5-9-14)15-10-6-3-7-11-15/h2-11,16H,12-13,23H2,1H3. The van der Waals surface area contributed by atoms with Gasteiger partial charge in [0.05, 0.1) is 12.1 Å². The third kappa shape index (κ3) is 5.86. The van der Waals surface area contributed by atoms with Gasteiger partial charge in [0.15, 0.2) is 0 Å². The molecule has 0 amide bonds. The predicted octanol–water partition coefficient (Wildman–Crippen LogP) is 3.62. The summed E-state index contributed by atoms with van der Waals surface area (Å²) in [6.45, 7) is 0.748. The highest BCUT2D eigenvalue weighted by molar-refractivity contribution is 5.75. The smallest absolute Gasteiger partial charge is 0.457 e. The summed E-state index contributed by atoms with van der Waals surface area (Å²) >= 11 is 0. The average molecular weight is 367 g/mol. The molecular formula is C19H20F3NO3. The molecule has 0 aliphatic rings. The van der Waals surface area contributed by atoms with Crippen molar-refractivity contribution in [3.8, 4) is 0 Å². The van der Waals surface area contributed by atoms with Crippen molar-refractivity contribution in [2.45, 2.75) is 24.7 Å². The Bertz CT molecular complexity index is 663. The van der Waals surface area contributed by atoms with E-state index < -0.39 is 30.4 Å². The quantitative estimate of drug-likeness (QED) is 0.760. The van der Waals surface area contributed by atoms with Gasteiger partial charge in [0.2, 0.25) is 0 Å². The van der Waals surface area contributed by atoms with Gasteiger partial charge >= 0.3 is 12.1 Å². The van der Waals surface area contributed by atoms with E-state index in [1.54, 1.807) is 0 Å². The molecule has 2 aromatic rings. The largest absolute Gasteiger partial charge is 0.490 e. The maximum atomic E-state index is 12.2. The summed E-state index contributed by atoms with van der Waals surface area (Å²) in [5.74, 6) is -2.27. The molecule has 0 bridgehead atoms. The van der Waals surface area contributed by atoms with E-state index in [0.29, 0.717) is 0 Å². The fraction of sp³-hybridized carbons (Fsp3) is 0.316. The molecule has 0 aromatic heterocycles. The van der Waals surface area contributed by atoms with Gasteiger partial charge in [-0.3, -0.25) is 0 Å². The van der Waals surface area contributed by atoms with Crippen LogP contribution in [0, 0.1) is 0 Å². The van der Waals surface area contributed by atoms with Crippen LogP contribution < -0.4 is 5.73 Å². The molecular weight excluding hydrogens is 347 g/mol. The van der Waals surface area contributed by atoms with Crippen molar-refractivity contribution < 1.29 is 27.4 Å². The van der Waals surface area contributed by atoms with Crippen LogP contribution in [0.5, 0.6) is 0 Å². The summed E-state index contributed by atoms with van der Waals surface area (Å²) in [5, 5.41) is 0. The molecule has 0 radical (unpaired) electrons. The number of benzene rings is 2. The first-order valence-electron chi connectivity index (χ1n) is 7.93. The number of hydrogen-bond acceptors (Lipinski definition) is 4. The molecule has 0 spiro atoms. The fourth-order valence-electron chi connectivity index (χ4n) is 2.27. The van der Waals surface area contributed by atoms with Crippen LogP contribution in [0.4, 0.5) is 13.2 Å². The van der Waals surface area contributed by atoms with E-state index in [4.69, 9.17) is 10.5 Å². The van der Waals surface area contributed by atoms with Crippen LogP contribution in [0.25, 0.3) is 0 Å². The van der Waals surface area contributed by atoms with E-state index in [-0.39, 0.29) is 6.61 Å². The molecule has 1 unspecified atom stereocenters. The highest BCUT2D eigenvalue weighted by Gasteiger charge is 2.42. The Labute approximate surface area is 149 Å². The van der Waals surface area contributed by atoms with E-state index in [1.807, 2.05) is 60.7 Å². The molecule has 0 heterocycles. The lowest BCUT2D eigenvalue weighted by molar-refractivity contribution is -0.201. The molecule has 0 fully saturated rings. The van der Waals surface area contributed by atoms with Gasteiger partial charge in [-0.05, 0) is 18.1 Å². The van der Waals surface area contributed by atoms with Crippen LogP contribution in [0.2, 0.25) is 0 Å². The summed E-state index contributed by atoms with van der Waals surface area (Å²) in [6, 6.07) is 18.7. The number of halogens is 3. The first kappa shape index (κ1) is 19.9. The molecule has 4 nitrogen and oxygen atoms in total. The maximum absolute atomic E-state index is 12.2. The molecule has 0 aliphatic heterocycles. The lowest BCUT2D eigenvalue weighted by Gasteiger charge is -2.28. The van der Waals surface area contributed by atoms with Crippen molar-refractivity contribution in [3.63, 3.8) is 0 Å². The van der Waals surface area contributed by atoms with Crippen molar-refractivity contribution in [2.24, 2.45) is 5.73 Å². The van der Waals surface area contributed by atoms with E-state index in [0.717, 1.165) is 11.1 Å². The molecule has 140 valence electrons. The Kier molecular flexibility index (Phi) is 6.39. The number of alkyl halides is 3. The highest BCUT2D eigenvalue weighted by atomic mass is 19.4. The normalized spacial score (nSPS) is 14.1. The lowest BCUT2D eigenvalue weighted by Crippen LogP contribution is -2.47. The zero-order valence-corrected chi connectivity index (χ0v) is 14.2. The van der Waals surface area contributed by atoms with Crippen LogP contribution in [0.3, 0.4) is 0 Å². The third-order valence-electron chi connectivity index (χ3n) is 3.55. The number of carbonyl (C=O) groups is 1. The minimum atomic E-state index is -5.05. The first-order chi connectivity index (χ1) is 12.2. The van der Waals surface area contributed by atoms with Gasteiger partial charge in [0.25, 0.3) is 0 Å². The van der Waals surface area contributed by atoms with Crippen LogP contribution >= 0.6 is 0 Å². The fourth-order valence-corrected chi connectivity index (χ4v) is 2.27. The predicted molar refractivity (Wildman–Crippen MR) is 90.3 cm³/mol. The van der Waals surface area contributed by atoms with Crippen LogP contribution in [0.15, 0.2) is 60.7 Å². The van der Waals surface area contributed by atoms with Crippen molar-refractivity contribution in [1.82, 2.24) is 0 Å². The van der Waals surface area contributed by atoms with E-state index >= 15 is 0 Å². The summed E-state index contributed by atoms with van der Waals surface area (Å²) in [6.07, 6.45) is -5.49. The number of ether oxygens (including phenoxy) is 2. The Hall–Kier alpha value is -2.38. The van der Waals surface area contributed by atoms with Crippen molar-refractivity contribution in [2.75, 3.05) is 13.2 Å². The zero-order valence-electron chi connectivity index (χ0n) is 14.2. The monoisotopic (exact) mass is 367 g/mol. The van der Waals surface area contributed by atoms with Crippen LogP contribution in [-0.2, 0) is 14.3 Å². The van der Waals surface area contributed by atoms with Gasteiger partial charge in [0, 0.05) is 0 Å². The molecule has 0 saturated carbocycles. The first-order valence-corrected chi connectivity index (χ1v) is 7.93. The maximum Gasteiger partial charge on any atom is 0.490 e. The molecule has 2 N–H and O–H groups in total. The molecule has 26 heavy (non-hydrogen) atoms. The Morgan fingerprint density at radius 1 is 0.962 bits per heavy atom. The number of rotatable bonds is 7. The highest BCUT2D eigenvalue weighted by Crippen LogP contribution is 2.27. The van der Waals surface area contributed by atoms with E-state index in [1.165, 1.54) is 6.92 Å². The summed E-state index contributed by atoms with van der Waals surface area (Å²) in [4.78, 5) is 10.8. The summed E-state index contributed by atoms with van der Waals surface area (Å²) in [5.41, 5.74) is 6.42. The molecule has 2 rings (SSSR count). The van der Waals surface area contributed by atoms with Gasteiger partial charge in [-0.25, -0.2) is 4.79 Å². The van der Waals surface area contributed by atoms with Crippen molar-refractivity contribution >= 4 is 5.97 Å². The van der Waals surface area contributed by atoms with Crippen molar-refractivity contribution in [1.29, 1.82) is 0 Å². The molecule has 7 heteroatoms. The number of nitrogens with two attached hydrogens (primary N) is 1.